The molecular weight excluding hydrogens is 132 g/mol. The zero-order valence-corrected chi connectivity index (χ0v) is 5.85. The van der Waals surface area contributed by atoms with Gasteiger partial charge in [-0.2, -0.15) is 4.98 Å². The molecule has 0 N–H and O–H groups in total. The Kier molecular flexibility index (Phi) is 2.09. The smallest absolute Gasteiger partial charge is 0.338 e. The molecule has 0 radical (unpaired) electrons. The Morgan fingerprint density at radius 2 is 2.30 bits per heavy atom. The average molecular weight is 140 g/mol. The summed E-state index contributed by atoms with van der Waals surface area (Å²) in [6.07, 6.45) is 1.37. The minimum atomic E-state index is 0.0733. The lowest BCUT2D eigenvalue weighted by atomic mass is 10.5. The third-order valence-electron chi connectivity index (χ3n) is 0.743. The molecule has 0 bridgehead atoms. The minimum absolute atomic E-state index is 0.0733. The van der Waals surface area contributed by atoms with Gasteiger partial charge in [-0.1, -0.05) is 5.10 Å². The molecule has 10 heavy (non-hydrogen) atoms. The van der Waals surface area contributed by atoms with E-state index in [1.165, 1.54) is 6.33 Å². The Morgan fingerprint density at radius 3 is 2.80 bits per heavy atom. The first-order valence-electron chi connectivity index (χ1n) is 2.96. The van der Waals surface area contributed by atoms with Crippen molar-refractivity contribution < 1.29 is 4.74 Å². The van der Waals surface area contributed by atoms with Crippen LogP contribution in [0, 0.1) is 0 Å². The lowest BCUT2D eigenvalue weighted by Gasteiger charge is -2.03. The highest BCUT2D eigenvalue weighted by Gasteiger charge is 1.97. The van der Waals surface area contributed by atoms with Gasteiger partial charge < -0.3 is 4.74 Å². The van der Waals surface area contributed by atoms with Crippen LogP contribution in [0.1, 0.15) is 13.8 Å². The number of aromatic nitrogens is 4. The van der Waals surface area contributed by atoms with E-state index >= 15 is 0 Å². The van der Waals surface area contributed by atoms with Crippen LogP contribution in [-0.2, 0) is 0 Å². The average Bonchev–Trinajstić information content (AvgIpc) is 1.88. The molecule has 0 aliphatic carbocycles. The first-order chi connectivity index (χ1) is 4.79. The monoisotopic (exact) mass is 140 g/mol. The molecule has 0 unspecified atom stereocenters. The van der Waals surface area contributed by atoms with Crippen molar-refractivity contribution in [2.24, 2.45) is 0 Å². The highest BCUT2D eigenvalue weighted by atomic mass is 16.5. The van der Waals surface area contributed by atoms with E-state index in [0.29, 0.717) is 0 Å². The van der Waals surface area contributed by atoms with E-state index in [0.717, 1.165) is 0 Å². The van der Waals surface area contributed by atoms with E-state index in [4.69, 9.17) is 4.74 Å². The van der Waals surface area contributed by atoms with Crippen molar-refractivity contribution in [2.45, 2.75) is 20.0 Å². The molecule has 0 spiro atoms. The molecule has 5 heteroatoms. The fourth-order valence-corrected chi connectivity index (χ4v) is 0.453. The number of rotatable bonds is 2. The predicted octanol–water partition coefficient (Wildman–Crippen LogP) is 0.0538. The molecule has 1 rings (SSSR count). The molecule has 0 fully saturated rings. The minimum Gasteiger partial charge on any atom is -0.460 e. The van der Waals surface area contributed by atoms with E-state index in [1.54, 1.807) is 0 Å². The highest BCUT2D eigenvalue weighted by Crippen LogP contribution is 1.97. The van der Waals surface area contributed by atoms with Crippen LogP contribution in [-0.4, -0.2) is 26.5 Å². The summed E-state index contributed by atoms with van der Waals surface area (Å²) in [4.78, 5) is 3.71. The number of hydrogen-bond acceptors (Lipinski definition) is 5. The molecule has 0 aliphatic heterocycles. The Morgan fingerprint density at radius 1 is 1.50 bits per heavy atom. The standard InChI is InChI=1S/C5H8N4O/c1-4(2)10-5-6-3-7-9-8-5/h3-4H,1-2H3. The Balaban J connectivity index is 2.59. The van der Waals surface area contributed by atoms with Gasteiger partial charge in [0.2, 0.25) is 0 Å². The van der Waals surface area contributed by atoms with Gasteiger partial charge in [0.25, 0.3) is 0 Å². The first-order valence-corrected chi connectivity index (χ1v) is 2.96. The van der Waals surface area contributed by atoms with Gasteiger partial charge in [-0.25, -0.2) is 0 Å². The second-order valence-electron chi connectivity index (χ2n) is 2.00. The van der Waals surface area contributed by atoms with Crippen molar-refractivity contribution in [3.05, 3.63) is 6.33 Å². The van der Waals surface area contributed by atoms with Crippen molar-refractivity contribution in [1.29, 1.82) is 0 Å². The Labute approximate surface area is 58.5 Å². The maximum absolute atomic E-state index is 5.09. The summed E-state index contributed by atoms with van der Waals surface area (Å²) in [6.45, 7) is 3.79. The summed E-state index contributed by atoms with van der Waals surface area (Å²) in [5, 5.41) is 10.3. The highest BCUT2D eigenvalue weighted by molar-refractivity contribution is 4.83. The summed E-state index contributed by atoms with van der Waals surface area (Å²) in [7, 11) is 0. The predicted molar refractivity (Wildman–Crippen MR) is 33.4 cm³/mol. The topological polar surface area (TPSA) is 60.8 Å². The molecule has 0 saturated carbocycles. The van der Waals surface area contributed by atoms with E-state index in [-0.39, 0.29) is 12.1 Å². The maximum atomic E-state index is 5.09. The molecule has 0 atom stereocenters. The van der Waals surface area contributed by atoms with Crippen LogP contribution in [0.5, 0.6) is 6.01 Å². The Hall–Kier alpha value is -1.26. The van der Waals surface area contributed by atoms with E-state index in [1.807, 2.05) is 13.8 Å². The van der Waals surface area contributed by atoms with Crippen LogP contribution in [0.2, 0.25) is 0 Å². The molecule has 0 aromatic carbocycles. The van der Waals surface area contributed by atoms with E-state index in [2.05, 4.69) is 20.4 Å². The van der Waals surface area contributed by atoms with Gasteiger partial charge in [-0.3, -0.25) is 0 Å². The third-order valence-corrected chi connectivity index (χ3v) is 0.743. The second-order valence-corrected chi connectivity index (χ2v) is 2.00. The van der Waals surface area contributed by atoms with Crippen molar-refractivity contribution in [3.63, 3.8) is 0 Å². The number of hydrogen-bond donors (Lipinski definition) is 0. The Bertz CT molecular complexity index is 188. The third kappa shape index (κ3) is 1.93. The fourth-order valence-electron chi connectivity index (χ4n) is 0.453. The molecule has 1 aromatic heterocycles. The van der Waals surface area contributed by atoms with Crippen molar-refractivity contribution in [2.75, 3.05) is 0 Å². The summed E-state index contributed by atoms with van der Waals surface area (Å²) in [5.74, 6) is 0. The fraction of sp³-hybridized carbons (Fsp3) is 0.600. The molecule has 54 valence electrons. The lowest BCUT2D eigenvalue weighted by Crippen LogP contribution is -2.09. The summed E-state index contributed by atoms with van der Waals surface area (Å²) >= 11 is 0. The second kappa shape index (κ2) is 3.05. The van der Waals surface area contributed by atoms with Gasteiger partial charge in [0, 0.05) is 0 Å². The lowest BCUT2D eigenvalue weighted by molar-refractivity contribution is 0.217. The molecular formula is C5H8N4O. The van der Waals surface area contributed by atoms with E-state index < -0.39 is 0 Å². The number of ether oxygens (including phenoxy) is 1. The molecule has 1 heterocycles. The molecule has 0 amide bonds. The number of nitrogens with zero attached hydrogens (tertiary/aromatic N) is 4. The molecule has 0 aliphatic rings. The van der Waals surface area contributed by atoms with Gasteiger partial charge in [0.1, 0.15) is 6.33 Å². The van der Waals surface area contributed by atoms with Crippen LogP contribution in [0.25, 0.3) is 0 Å². The van der Waals surface area contributed by atoms with Crippen LogP contribution in [0.3, 0.4) is 0 Å². The normalized spacial score (nSPS) is 9.90. The first kappa shape index (κ1) is 6.85. The van der Waals surface area contributed by atoms with Gasteiger partial charge in [-0.15, -0.1) is 5.10 Å². The summed E-state index contributed by atoms with van der Waals surface area (Å²) in [5.41, 5.74) is 0. The van der Waals surface area contributed by atoms with E-state index in [9.17, 15) is 0 Å². The van der Waals surface area contributed by atoms with Crippen LogP contribution in [0.15, 0.2) is 6.33 Å². The zero-order chi connectivity index (χ0) is 7.40. The van der Waals surface area contributed by atoms with Crippen LogP contribution in [0.4, 0.5) is 0 Å². The van der Waals surface area contributed by atoms with Crippen molar-refractivity contribution in [3.8, 4) is 6.01 Å². The molecule has 0 saturated heterocycles. The zero-order valence-electron chi connectivity index (χ0n) is 5.85. The van der Waals surface area contributed by atoms with Gasteiger partial charge in [-0.05, 0) is 19.1 Å². The van der Waals surface area contributed by atoms with Crippen LogP contribution >= 0.6 is 0 Å². The van der Waals surface area contributed by atoms with Gasteiger partial charge >= 0.3 is 6.01 Å². The van der Waals surface area contributed by atoms with Crippen molar-refractivity contribution in [1.82, 2.24) is 20.4 Å². The molecule has 1 aromatic rings. The summed E-state index contributed by atoms with van der Waals surface area (Å²) < 4.78 is 5.09. The summed E-state index contributed by atoms with van der Waals surface area (Å²) in [6, 6.07) is 0.269. The van der Waals surface area contributed by atoms with Gasteiger partial charge in [0.05, 0.1) is 6.10 Å². The molecule has 5 nitrogen and oxygen atoms in total. The van der Waals surface area contributed by atoms with Crippen molar-refractivity contribution >= 4 is 0 Å². The quantitative estimate of drug-likeness (QED) is 0.581. The van der Waals surface area contributed by atoms with Gasteiger partial charge in [0.15, 0.2) is 0 Å². The maximum Gasteiger partial charge on any atom is 0.338 e. The SMILES string of the molecule is CC(C)Oc1ncnnn1. The van der Waals surface area contributed by atoms with Crippen LogP contribution < -0.4 is 4.74 Å². The largest absolute Gasteiger partial charge is 0.460 e.